The van der Waals surface area contributed by atoms with Gasteiger partial charge < -0.3 is 5.32 Å². The summed E-state index contributed by atoms with van der Waals surface area (Å²) >= 11 is 12.0. The number of benzene rings is 2. The minimum atomic E-state index is 0.553. The van der Waals surface area contributed by atoms with E-state index in [0.29, 0.717) is 5.88 Å². The predicted molar refractivity (Wildman–Crippen MR) is 82.7 cm³/mol. The molecule has 0 radical (unpaired) electrons. The van der Waals surface area contributed by atoms with Crippen molar-refractivity contribution in [1.29, 1.82) is 0 Å². The van der Waals surface area contributed by atoms with E-state index in [4.69, 9.17) is 23.2 Å². The second-order valence-corrected chi connectivity index (χ2v) is 5.33. The van der Waals surface area contributed by atoms with Gasteiger partial charge >= 0.3 is 0 Å². The highest BCUT2D eigenvalue weighted by molar-refractivity contribution is 6.31. The molecule has 2 rings (SSSR count). The first-order valence-corrected chi connectivity index (χ1v) is 7.20. The smallest absolute Gasteiger partial charge is 0.0474 e. The number of hydrogen-bond donors (Lipinski definition) is 1. The first-order chi connectivity index (χ1) is 9.19. The molecule has 2 aromatic rings. The molecule has 0 heterocycles. The van der Waals surface area contributed by atoms with Gasteiger partial charge in [0, 0.05) is 24.0 Å². The van der Waals surface area contributed by atoms with E-state index in [-0.39, 0.29) is 0 Å². The molecular formula is C16H17Cl2N. The van der Waals surface area contributed by atoms with Gasteiger partial charge in [0.15, 0.2) is 0 Å². The lowest BCUT2D eigenvalue weighted by Crippen LogP contribution is -2.13. The van der Waals surface area contributed by atoms with Gasteiger partial charge in [0.2, 0.25) is 0 Å². The quantitative estimate of drug-likeness (QED) is 0.790. The van der Waals surface area contributed by atoms with E-state index in [1.807, 2.05) is 25.1 Å². The van der Waals surface area contributed by atoms with E-state index >= 15 is 0 Å². The van der Waals surface area contributed by atoms with Crippen molar-refractivity contribution < 1.29 is 0 Å². The lowest BCUT2D eigenvalue weighted by atomic mass is 10.1. The molecule has 0 fully saturated rings. The van der Waals surface area contributed by atoms with Crippen LogP contribution in [0.4, 0.5) is 0 Å². The summed E-state index contributed by atoms with van der Waals surface area (Å²) in [5, 5.41) is 4.22. The second kappa shape index (κ2) is 6.95. The molecule has 0 saturated heterocycles. The van der Waals surface area contributed by atoms with Crippen molar-refractivity contribution in [2.24, 2.45) is 0 Å². The van der Waals surface area contributed by atoms with Gasteiger partial charge in [-0.1, -0.05) is 48.0 Å². The number of hydrogen-bond acceptors (Lipinski definition) is 1. The fourth-order valence-corrected chi connectivity index (χ4v) is 2.43. The van der Waals surface area contributed by atoms with Crippen molar-refractivity contribution in [3.63, 3.8) is 0 Å². The Morgan fingerprint density at radius 2 is 1.79 bits per heavy atom. The van der Waals surface area contributed by atoms with E-state index in [0.717, 1.165) is 29.2 Å². The first kappa shape index (κ1) is 14.4. The molecule has 2 aromatic carbocycles. The third-order valence-corrected chi connectivity index (χ3v) is 3.66. The highest BCUT2D eigenvalue weighted by Gasteiger charge is 2.00. The molecule has 0 unspecified atom stereocenters. The summed E-state index contributed by atoms with van der Waals surface area (Å²) < 4.78 is 0. The van der Waals surface area contributed by atoms with Gasteiger partial charge in [0.05, 0.1) is 0 Å². The highest BCUT2D eigenvalue weighted by atomic mass is 35.5. The van der Waals surface area contributed by atoms with Gasteiger partial charge in [0.25, 0.3) is 0 Å². The SMILES string of the molecule is Cc1ccc(CNCc2cccc(CCl)c2)c(Cl)c1. The Hall–Kier alpha value is -1.02. The number of halogens is 2. The Bertz CT molecular complexity index is 552. The Balaban J connectivity index is 1.92. The molecule has 0 aliphatic rings. The molecule has 0 bridgehead atoms. The summed E-state index contributed by atoms with van der Waals surface area (Å²) in [5.74, 6) is 0.553. The zero-order valence-corrected chi connectivity index (χ0v) is 12.4. The summed E-state index contributed by atoms with van der Waals surface area (Å²) in [4.78, 5) is 0. The summed E-state index contributed by atoms with van der Waals surface area (Å²) in [5.41, 5.74) is 4.69. The monoisotopic (exact) mass is 293 g/mol. The van der Waals surface area contributed by atoms with Gasteiger partial charge in [-0.2, -0.15) is 0 Å². The van der Waals surface area contributed by atoms with Gasteiger partial charge in [0.1, 0.15) is 0 Å². The summed E-state index contributed by atoms with van der Waals surface area (Å²) in [7, 11) is 0. The van der Waals surface area contributed by atoms with Gasteiger partial charge in [-0.3, -0.25) is 0 Å². The maximum absolute atomic E-state index is 6.20. The van der Waals surface area contributed by atoms with Crippen LogP contribution in [0.25, 0.3) is 0 Å². The van der Waals surface area contributed by atoms with Crippen LogP contribution in [0.3, 0.4) is 0 Å². The third-order valence-electron chi connectivity index (χ3n) is 3.00. The van der Waals surface area contributed by atoms with Crippen LogP contribution < -0.4 is 5.32 Å². The highest BCUT2D eigenvalue weighted by Crippen LogP contribution is 2.17. The maximum atomic E-state index is 6.20. The average molecular weight is 294 g/mol. The molecule has 0 aliphatic heterocycles. The zero-order chi connectivity index (χ0) is 13.7. The van der Waals surface area contributed by atoms with Crippen LogP contribution in [0, 0.1) is 6.92 Å². The Morgan fingerprint density at radius 1 is 1.00 bits per heavy atom. The van der Waals surface area contributed by atoms with Crippen LogP contribution in [0.15, 0.2) is 42.5 Å². The van der Waals surface area contributed by atoms with Crippen molar-refractivity contribution in [3.8, 4) is 0 Å². The number of rotatable bonds is 5. The molecule has 0 atom stereocenters. The van der Waals surface area contributed by atoms with Crippen molar-refractivity contribution in [2.45, 2.75) is 25.9 Å². The van der Waals surface area contributed by atoms with Gasteiger partial charge in [-0.15, -0.1) is 11.6 Å². The van der Waals surface area contributed by atoms with E-state index in [1.54, 1.807) is 0 Å². The lowest BCUT2D eigenvalue weighted by Gasteiger charge is -2.08. The third kappa shape index (κ3) is 4.24. The van der Waals surface area contributed by atoms with E-state index in [9.17, 15) is 0 Å². The molecular weight excluding hydrogens is 277 g/mol. The first-order valence-electron chi connectivity index (χ1n) is 6.28. The predicted octanol–water partition coefficient (Wildman–Crippen LogP) is 4.68. The fraction of sp³-hybridized carbons (Fsp3) is 0.250. The van der Waals surface area contributed by atoms with Crippen molar-refractivity contribution >= 4 is 23.2 Å². The molecule has 0 spiro atoms. The zero-order valence-electron chi connectivity index (χ0n) is 10.9. The standard InChI is InChI=1S/C16H17Cl2N/c1-12-5-6-15(16(18)7-12)11-19-10-14-4-2-3-13(8-14)9-17/h2-8,19H,9-11H2,1H3. The summed E-state index contributed by atoms with van der Waals surface area (Å²) in [6.07, 6.45) is 0. The van der Waals surface area contributed by atoms with Crippen LogP contribution in [0.5, 0.6) is 0 Å². The Morgan fingerprint density at radius 3 is 2.53 bits per heavy atom. The Kier molecular flexibility index (Phi) is 5.26. The van der Waals surface area contributed by atoms with Gasteiger partial charge in [-0.25, -0.2) is 0 Å². The topological polar surface area (TPSA) is 12.0 Å². The minimum Gasteiger partial charge on any atom is -0.309 e. The summed E-state index contributed by atoms with van der Waals surface area (Å²) in [6, 6.07) is 14.4. The molecule has 1 nitrogen and oxygen atoms in total. The van der Waals surface area contributed by atoms with Crippen LogP contribution in [-0.4, -0.2) is 0 Å². The van der Waals surface area contributed by atoms with Crippen LogP contribution >= 0.6 is 23.2 Å². The normalized spacial score (nSPS) is 10.7. The Labute approximate surface area is 124 Å². The number of nitrogens with one attached hydrogen (secondary N) is 1. The molecule has 0 saturated carbocycles. The van der Waals surface area contributed by atoms with Crippen molar-refractivity contribution in [2.75, 3.05) is 0 Å². The van der Waals surface area contributed by atoms with E-state index in [1.165, 1.54) is 11.1 Å². The molecule has 0 amide bonds. The van der Waals surface area contributed by atoms with Gasteiger partial charge in [-0.05, 0) is 35.2 Å². The largest absolute Gasteiger partial charge is 0.309 e. The van der Waals surface area contributed by atoms with Crippen LogP contribution in [0.2, 0.25) is 5.02 Å². The lowest BCUT2D eigenvalue weighted by molar-refractivity contribution is 0.693. The minimum absolute atomic E-state index is 0.553. The molecule has 19 heavy (non-hydrogen) atoms. The van der Waals surface area contributed by atoms with Crippen molar-refractivity contribution in [3.05, 3.63) is 69.7 Å². The van der Waals surface area contributed by atoms with E-state index < -0.39 is 0 Å². The number of aryl methyl sites for hydroxylation is 1. The van der Waals surface area contributed by atoms with Crippen LogP contribution in [0.1, 0.15) is 22.3 Å². The molecule has 100 valence electrons. The second-order valence-electron chi connectivity index (χ2n) is 4.65. The molecule has 1 N–H and O–H groups in total. The van der Waals surface area contributed by atoms with Crippen molar-refractivity contribution in [1.82, 2.24) is 5.32 Å². The molecule has 0 aliphatic carbocycles. The average Bonchev–Trinajstić information content (AvgIpc) is 2.41. The molecule has 3 heteroatoms. The number of alkyl halides is 1. The molecule has 0 aromatic heterocycles. The fourth-order valence-electron chi connectivity index (χ4n) is 1.96. The van der Waals surface area contributed by atoms with E-state index in [2.05, 4.69) is 29.6 Å². The summed E-state index contributed by atoms with van der Waals surface area (Å²) in [6.45, 7) is 3.62. The maximum Gasteiger partial charge on any atom is 0.0474 e. The van der Waals surface area contributed by atoms with Crippen LogP contribution in [-0.2, 0) is 19.0 Å².